The first-order valence-electron chi connectivity index (χ1n) is 8.65. The Labute approximate surface area is 148 Å². The second-order valence-corrected chi connectivity index (χ2v) is 6.60. The third kappa shape index (κ3) is 3.90. The molecule has 25 heavy (non-hydrogen) atoms. The number of aryl methyl sites for hydroxylation is 3. The fourth-order valence-electron chi connectivity index (χ4n) is 3.56. The van der Waals surface area contributed by atoms with Gasteiger partial charge in [0, 0.05) is 5.56 Å². The molecular formula is C21H23NO3. The summed E-state index contributed by atoms with van der Waals surface area (Å²) in [6.07, 6.45) is 3.92. The number of benzene rings is 2. The van der Waals surface area contributed by atoms with Gasteiger partial charge >= 0.3 is 0 Å². The standard InChI is InChI=1S/C21H23NO3/c1-14-10-16(12-23)11-15(2)21(14)25-13-20(24)22-19-9-5-7-17-6-3-4-8-18(17)19/h3-4,6,8,10-12,19H,5,7,9,13H2,1-2H3,(H,22,24)/t19-/m1/s1. The third-order valence-corrected chi connectivity index (χ3v) is 4.67. The maximum absolute atomic E-state index is 12.3. The van der Waals surface area contributed by atoms with Crippen LogP contribution in [0.25, 0.3) is 0 Å². The van der Waals surface area contributed by atoms with E-state index in [2.05, 4.69) is 17.4 Å². The van der Waals surface area contributed by atoms with Crippen LogP contribution in [0.3, 0.4) is 0 Å². The number of carbonyl (C=O) groups excluding carboxylic acids is 2. The van der Waals surface area contributed by atoms with Crippen LogP contribution in [-0.4, -0.2) is 18.8 Å². The molecule has 0 bridgehead atoms. The lowest BCUT2D eigenvalue weighted by Gasteiger charge is -2.26. The predicted molar refractivity (Wildman–Crippen MR) is 97.1 cm³/mol. The van der Waals surface area contributed by atoms with E-state index in [0.717, 1.165) is 36.7 Å². The molecular weight excluding hydrogens is 314 g/mol. The Hall–Kier alpha value is -2.62. The zero-order valence-electron chi connectivity index (χ0n) is 14.7. The van der Waals surface area contributed by atoms with Crippen LogP contribution in [-0.2, 0) is 11.2 Å². The van der Waals surface area contributed by atoms with Crippen LogP contribution in [0.2, 0.25) is 0 Å². The molecule has 4 nitrogen and oxygen atoms in total. The summed E-state index contributed by atoms with van der Waals surface area (Å²) < 4.78 is 5.73. The Morgan fingerprint density at radius 2 is 1.96 bits per heavy atom. The van der Waals surface area contributed by atoms with Gasteiger partial charge in [-0.3, -0.25) is 9.59 Å². The minimum absolute atomic E-state index is 0.0270. The molecule has 0 unspecified atom stereocenters. The number of hydrogen-bond donors (Lipinski definition) is 1. The zero-order valence-corrected chi connectivity index (χ0v) is 14.7. The largest absolute Gasteiger partial charge is 0.483 e. The average Bonchev–Trinajstić information content (AvgIpc) is 2.61. The van der Waals surface area contributed by atoms with Gasteiger partial charge in [0.15, 0.2) is 6.61 Å². The maximum Gasteiger partial charge on any atom is 0.258 e. The Bertz CT molecular complexity index is 774. The van der Waals surface area contributed by atoms with Crippen molar-refractivity contribution in [3.05, 3.63) is 64.2 Å². The van der Waals surface area contributed by atoms with Crippen LogP contribution in [0.1, 0.15) is 51.5 Å². The Kier molecular flexibility index (Phi) is 5.17. The fraction of sp³-hybridized carbons (Fsp3) is 0.333. The number of ether oxygens (including phenoxy) is 1. The van der Waals surface area contributed by atoms with Crippen LogP contribution in [0.15, 0.2) is 36.4 Å². The topological polar surface area (TPSA) is 55.4 Å². The third-order valence-electron chi connectivity index (χ3n) is 4.67. The number of fused-ring (bicyclic) bond motifs is 1. The Morgan fingerprint density at radius 1 is 1.24 bits per heavy atom. The van der Waals surface area contributed by atoms with E-state index in [1.807, 2.05) is 26.0 Å². The van der Waals surface area contributed by atoms with Crippen molar-refractivity contribution >= 4 is 12.2 Å². The van der Waals surface area contributed by atoms with E-state index in [1.165, 1.54) is 11.1 Å². The fourth-order valence-corrected chi connectivity index (χ4v) is 3.56. The van der Waals surface area contributed by atoms with Gasteiger partial charge in [-0.2, -0.15) is 0 Å². The van der Waals surface area contributed by atoms with Gasteiger partial charge in [-0.25, -0.2) is 0 Å². The van der Waals surface area contributed by atoms with E-state index in [-0.39, 0.29) is 18.6 Å². The molecule has 1 amide bonds. The predicted octanol–water partition coefficient (Wildman–Crippen LogP) is 3.69. The van der Waals surface area contributed by atoms with Crippen molar-refractivity contribution in [3.8, 4) is 5.75 Å². The van der Waals surface area contributed by atoms with Crippen LogP contribution in [0, 0.1) is 13.8 Å². The molecule has 0 saturated carbocycles. The van der Waals surface area contributed by atoms with Crippen molar-refractivity contribution in [3.63, 3.8) is 0 Å². The summed E-state index contributed by atoms with van der Waals surface area (Å²) in [6.45, 7) is 3.73. The highest BCUT2D eigenvalue weighted by Gasteiger charge is 2.21. The molecule has 4 heteroatoms. The Morgan fingerprint density at radius 3 is 2.68 bits per heavy atom. The average molecular weight is 337 g/mol. The molecule has 0 aliphatic heterocycles. The van der Waals surface area contributed by atoms with E-state index in [4.69, 9.17) is 4.74 Å². The van der Waals surface area contributed by atoms with Crippen molar-refractivity contribution in [1.82, 2.24) is 5.32 Å². The van der Waals surface area contributed by atoms with Gasteiger partial charge < -0.3 is 10.1 Å². The van der Waals surface area contributed by atoms with Crippen molar-refractivity contribution in [2.75, 3.05) is 6.61 Å². The molecule has 1 atom stereocenters. The molecule has 1 aliphatic rings. The molecule has 2 aromatic rings. The zero-order chi connectivity index (χ0) is 17.8. The van der Waals surface area contributed by atoms with Gasteiger partial charge in [-0.05, 0) is 67.5 Å². The molecule has 0 aromatic heterocycles. The molecule has 0 saturated heterocycles. The number of aldehydes is 1. The molecule has 1 aliphatic carbocycles. The van der Waals surface area contributed by atoms with Crippen molar-refractivity contribution in [2.45, 2.75) is 39.2 Å². The van der Waals surface area contributed by atoms with E-state index in [0.29, 0.717) is 11.3 Å². The van der Waals surface area contributed by atoms with Crippen molar-refractivity contribution in [2.24, 2.45) is 0 Å². The number of amides is 1. The van der Waals surface area contributed by atoms with E-state index in [9.17, 15) is 9.59 Å². The summed E-state index contributed by atoms with van der Waals surface area (Å²) in [6, 6.07) is 11.9. The molecule has 0 spiro atoms. The minimum atomic E-state index is -0.125. The molecule has 1 N–H and O–H groups in total. The lowest BCUT2D eigenvalue weighted by atomic mass is 9.88. The lowest BCUT2D eigenvalue weighted by Crippen LogP contribution is -2.34. The van der Waals surface area contributed by atoms with E-state index in [1.54, 1.807) is 12.1 Å². The van der Waals surface area contributed by atoms with Crippen LogP contribution >= 0.6 is 0 Å². The van der Waals surface area contributed by atoms with Gasteiger partial charge in [0.05, 0.1) is 6.04 Å². The second-order valence-electron chi connectivity index (χ2n) is 6.60. The number of carbonyl (C=O) groups is 2. The van der Waals surface area contributed by atoms with Gasteiger partial charge in [-0.1, -0.05) is 24.3 Å². The van der Waals surface area contributed by atoms with E-state index < -0.39 is 0 Å². The molecule has 2 aromatic carbocycles. The monoisotopic (exact) mass is 337 g/mol. The summed E-state index contributed by atoms with van der Waals surface area (Å²) in [5, 5.41) is 3.09. The molecule has 3 rings (SSSR count). The summed E-state index contributed by atoms with van der Waals surface area (Å²) in [4.78, 5) is 23.3. The quantitative estimate of drug-likeness (QED) is 0.847. The molecule has 0 heterocycles. The SMILES string of the molecule is Cc1cc(C=O)cc(C)c1OCC(=O)N[C@@H]1CCCc2ccccc21. The first-order valence-corrected chi connectivity index (χ1v) is 8.65. The second kappa shape index (κ2) is 7.51. The highest BCUT2D eigenvalue weighted by atomic mass is 16.5. The Balaban J connectivity index is 1.64. The highest BCUT2D eigenvalue weighted by molar-refractivity contribution is 5.79. The van der Waals surface area contributed by atoms with Gasteiger partial charge in [0.25, 0.3) is 5.91 Å². The number of rotatable bonds is 5. The minimum Gasteiger partial charge on any atom is -0.483 e. The summed E-state index contributed by atoms with van der Waals surface area (Å²) >= 11 is 0. The molecule has 0 radical (unpaired) electrons. The van der Waals surface area contributed by atoms with Gasteiger partial charge in [0.1, 0.15) is 12.0 Å². The van der Waals surface area contributed by atoms with E-state index >= 15 is 0 Å². The molecule has 130 valence electrons. The normalized spacial score (nSPS) is 16.0. The smallest absolute Gasteiger partial charge is 0.258 e. The van der Waals surface area contributed by atoms with Crippen molar-refractivity contribution in [1.29, 1.82) is 0 Å². The summed E-state index contributed by atoms with van der Waals surface area (Å²) in [5.74, 6) is 0.546. The number of hydrogen-bond acceptors (Lipinski definition) is 3. The van der Waals surface area contributed by atoms with Gasteiger partial charge in [0.2, 0.25) is 0 Å². The summed E-state index contributed by atoms with van der Waals surface area (Å²) in [5.41, 5.74) is 4.86. The number of nitrogens with one attached hydrogen (secondary N) is 1. The van der Waals surface area contributed by atoms with Crippen molar-refractivity contribution < 1.29 is 14.3 Å². The highest BCUT2D eigenvalue weighted by Crippen LogP contribution is 2.29. The first-order chi connectivity index (χ1) is 12.1. The van der Waals surface area contributed by atoms with Crippen LogP contribution in [0.5, 0.6) is 5.75 Å². The first kappa shape index (κ1) is 17.2. The van der Waals surface area contributed by atoms with Crippen LogP contribution in [0.4, 0.5) is 0 Å². The van der Waals surface area contributed by atoms with Gasteiger partial charge in [-0.15, -0.1) is 0 Å². The molecule has 0 fully saturated rings. The maximum atomic E-state index is 12.3. The van der Waals surface area contributed by atoms with Crippen LogP contribution < -0.4 is 10.1 Å². The lowest BCUT2D eigenvalue weighted by molar-refractivity contribution is -0.124. The summed E-state index contributed by atoms with van der Waals surface area (Å²) in [7, 11) is 0.